The molecule has 21 heavy (non-hydrogen) atoms. The number of carbonyl (C=O) groups is 2. The van der Waals surface area contributed by atoms with Crippen LogP contribution in [0.25, 0.3) is 0 Å². The normalized spacial score (nSPS) is 18.6. The Morgan fingerprint density at radius 3 is 2.29 bits per heavy atom. The molecule has 122 valence electrons. The predicted octanol–water partition coefficient (Wildman–Crippen LogP) is 3.42. The lowest BCUT2D eigenvalue weighted by molar-refractivity contribution is -0.138. The fourth-order valence-electron chi connectivity index (χ4n) is 2.27. The number of thioether (sulfide) groups is 1. The largest absolute Gasteiger partial charge is 0.480 e. The zero-order valence-electron chi connectivity index (χ0n) is 13.2. The summed E-state index contributed by atoms with van der Waals surface area (Å²) in [5, 5.41) is 12.2. The van der Waals surface area contributed by atoms with Crippen molar-refractivity contribution in [2.24, 2.45) is 0 Å². The number of ether oxygens (including phenoxy) is 1. The maximum atomic E-state index is 11.7. The summed E-state index contributed by atoms with van der Waals surface area (Å²) in [6, 6.07) is -0.895. The second-order valence-electron chi connectivity index (χ2n) is 6.48. The van der Waals surface area contributed by atoms with Crippen molar-refractivity contribution in [1.82, 2.24) is 5.32 Å². The Kier molecular flexibility index (Phi) is 7.35. The first-order chi connectivity index (χ1) is 9.78. The molecule has 1 saturated carbocycles. The van der Waals surface area contributed by atoms with Crippen molar-refractivity contribution in [2.45, 2.75) is 76.2 Å². The molecule has 1 unspecified atom stereocenters. The van der Waals surface area contributed by atoms with E-state index in [9.17, 15) is 14.7 Å². The molecule has 0 spiro atoms. The van der Waals surface area contributed by atoms with Crippen LogP contribution in [0.5, 0.6) is 0 Å². The van der Waals surface area contributed by atoms with Crippen molar-refractivity contribution >= 4 is 23.8 Å². The van der Waals surface area contributed by atoms with E-state index in [0.29, 0.717) is 11.0 Å². The van der Waals surface area contributed by atoms with Crippen LogP contribution in [0, 0.1) is 0 Å². The minimum Gasteiger partial charge on any atom is -0.480 e. The van der Waals surface area contributed by atoms with Crippen LogP contribution in [0.1, 0.15) is 59.3 Å². The summed E-state index contributed by atoms with van der Waals surface area (Å²) in [5.41, 5.74) is -0.623. The molecule has 6 heteroatoms. The van der Waals surface area contributed by atoms with E-state index in [1.807, 2.05) is 0 Å². The molecule has 0 aromatic heterocycles. The number of nitrogens with one attached hydrogen (secondary N) is 1. The van der Waals surface area contributed by atoms with E-state index in [2.05, 4.69) is 5.32 Å². The average molecular weight is 317 g/mol. The lowest BCUT2D eigenvalue weighted by Crippen LogP contribution is -2.45. The van der Waals surface area contributed by atoms with Gasteiger partial charge in [0, 0.05) is 11.0 Å². The summed E-state index contributed by atoms with van der Waals surface area (Å²) < 4.78 is 5.11. The van der Waals surface area contributed by atoms with Gasteiger partial charge in [-0.15, -0.1) is 0 Å². The highest BCUT2D eigenvalue weighted by molar-refractivity contribution is 7.99. The maximum absolute atomic E-state index is 11.7. The van der Waals surface area contributed by atoms with E-state index >= 15 is 0 Å². The molecule has 1 rings (SSSR count). The standard InChI is InChI=1S/C15H27NO4S/c1-15(2,3)20-14(19)16-12(13(17)18)10-21-11-8-6-4-5-7-9-11/h11-12H,4-10H2,1-3H3,(H,16,19)(H,17,18). The van der Waals surface area contributed by atoms with E-state index in [-0.39, 0.29) is 0 Å². The highest BCUT2D eigenvalue weighted by Crippen LogP contribution is 2.27. The highest BCUT2D eigenvalue weighted by Gasteiger charge is 2.25. The van der Waals surface area contributed by atoms with E-state index in [0.717, 1.165) is 12.8 Å². The van der Waals surface area contributed by atoms with Gasteiger partial charge >= 0.3 is 12.1 Å². The first-order valence-corrected chi connectivity index (χ1v) is 8.67. The number of carbonyl (C=O) groups excluding carboxylic acids is 1. The van der Waals surface area contributed by atoms with Crippen molar-refractivity contribution in [1.29, 1.82) is 0 Å². The zero-order valence-corrected chi connectivity index (χ0v) is 14.0. The molecule has 1 aliphatic carbocycles. The summed E-state index contributed by atoms with van der Waals surface area (Å²) in [6.07, 6.45) is 6.60. The first kappa shape index (κ1) is 18.1. The minimum atomic E-state index is -1.01. The molecule has 0 aliphatic heterocycles. The van der Waals surface area contributed by atoms with Crippen LogP contribution < -0.4 is 5.32 Å². The Hall–Kier alpha value is -0.910. The second kappa shape index (κ2) is 8.51. The number of hydrogen-bond donors (Lipinski definition) is 2. The molecule has 1 atom stereocenters. The number of hydrogen-bond acceptors (Lipinski definition) is 4. The topological polar surface area (TPSA) is 75.6 Å². The zero-order chi connectivity index (χ0) is 15.9. The van der Waals surface area contributed by atoms with Crippen molar-refractivity contribution in [3.05, 3.63) is 0 Å². The van der Waals surface area contributed by atoms with Crippen molar-refractivity contribution in [2.75, 3.05) is 5.75 Å². The van der Waals surface area contributed by atoms with Crippen LogP contribution in [0.3, 0.4) is 0 Å². The van der Waals surface area contributed by atoms with Gasteiger partial charge in [0.25, 0.3) is 0 Å². The quantitative estimate of drug-likeness (QED) is 0.760. The Labute approximate surface area is 131 Å². The van der Waals surface area contributed by atoms with E-state index in [4.69, 9.17) is 4.74 Å². The van der Waals surface area contributed by atoms with E-state index in [1.165, 1.54) is 25.7 Å². The van der Waals surface area contributed by atoms with Crippen LogP contribution in [0.15, 0.2) is 0 Å². The Balaban J connectivity index is 2.42. The van der Waals surface area contributed by atoms with Gasteiger partial charge < -0.3 is 15.2 Å². The summed E-state index contributed by atoms with van der Waals surface area (Å²) >= 11 is 1.66. The van der Waals surface area contributed by atoms with Gasteiger partial charge in [-0.25, -0.2) is 9.59 Å². The molecular formula is C15H27NO4S. The molecule has 0 saturated heterocycles. The molecule has 5 nitrogen and oxygen atoms in total. The van der Waals surface area contributed by atoms with Gasteiger partial charge in [-0.05, 0) is 33.6 Å². The number of alkyl carbamates (subject to hydrolysis) is 1. The van der Waals surface area contributed by atoms with Gasteiger partial charge in [0.1, 0.15) is 11.6 Å². The summed E-state index contributed by atoms with van der Waals surface area (Å²) in [7, 11) is 0. The van der Waals surface area contributed by atoms with Crippen LogP contribution in [0.4, 0.5) is 4.79 Å². The van der Waals surface area contributed by atoms with E-state index < -0.39 is 23.7 Å². The summed E-state index contributed by atoms with van der Waals surface area (Å²) in [4.78, 5) is 22.9. The van der Waals surface area contributed by atoms with Gasteiger partial charge in [0.15, 0.2) is 0 Å². The van der Waals surface area contributed by atoms with Crippen LogP contribution in [0.2, 0.25) is 0 Å². The van der Waals surface area contributed by atoms with Gasteiger partial charge in [-0.2, -0.15) is 11.8 Å². The lowest BCUT2D eigenvalue weighted by atomic mass is 10.2. The molecule has 1 amide bonds. The monoisotopic (exact) mass is 317 g/mol. The lowest BCUT2D eigenvalue weighted by Gasteiger charge is -2.22. The number of amides is 1. The van der Waals surface area contributed by atoms with Crippen molar-refractivity contribution in [3.8, 4) is 0 Å². The third-order valence-electron chi connectivity index (χ3n) is 3.29. The second-order valence-corrected chi connectivity index (χ2v) is 7.82. The third kappa shape index (κ3) is 8.19. The molecule has 0 bridgehead atoms. The molecular weight excluding hydrogens is 290 g/mol. The SMILES string of the molecule is CC(C)(C)OC(=O)NC(CSC1CCCCCC1)C(=O)O. The molecule has 0 aromatic rings. The molecule has 0 heterocycles. The maximum Gasteiger partial charge on any atom is 0.408 e. The fraction of sp³-hybridized carbons (Fsp3) is 0.867. The predicted molar refractivity (Wildman–Crippen MR) is 84.7 cm³/mol. The molecule has 0 radical (unpaired) electrons. The molecule has 2 N–H and O–H groups in total. The molecule has 1 fully saturated rings. The van der Waals surface area contributed by atoms with Gasteiger partial charge in [0.2, 0.25) is 0 Å². The average Bonchev–Trinajstić information content (AvgIpc) is 2.60. The Morgan fingerprint density at radius 2 is 1.81 bits per heavy atom. The third-order valence-corrected chi connectivity index (χ3v) is 4.76. The number of carboxylic acid groups (broad SMARTS) is 1. The summed E-state index contributed by atoms with van der Waals surface area (Å²) in [6.45, 7) is 5.26. The van der Waals surface area contributed by atoms with Crippen molar-refractivity contribution in [3.63, 3.8) is 0 Å². The first-order valence-electron chi connectivity index (χ1n) is 7.62. The Bertz CT molecular complexity index is 346. The van der Waals surface area contributed by atoms with Crippen LogP contribution >= 0.6 is 11.8 Å². The molecule has 1 aliphatic rings. The molecule has 0 aromatic carbocycles. The number of rotatable bonds is 5. The summed E-state index contributed by atoms with van der Waals surface area (Å²) in [5.74, 6) is -0.624. The number of carboxylic acids is 1. The highest BCUT2D eigenvalue weighted by atomic mass is 32.2. The van der Waals surface area contributed by atoms with Crippen LogP contribution in [-0.4, -0.2) is 39.8 Å². The van der Waals surface area contributed by atoms with Gasteiger partial charge in [-0.3, -0.25) is 0 Å². The fourth-order valence-corrected chi connectivity index (χ4v) is 3.62. The van der Waals surface area contributed by atoms with Crippen molar-refractivity contribution < 1.29 is 19.4 Å². The van der Waals surface area contributed by atoms with Crippen LogP contribution in [-0.2, 0) is 9.53 Å². The van der Waals surface area contributed by atoms with Gasteiger partial charge in [0.05, 0.1) is 0 Å². The number of aliphatic carboxylic acids is 1. The smallest absolute Gasteiger partial charge is 0.408 e. The minimum absolute atomic E-state index is 0.388. The Morgan fingerprint density at radius 1 is 1.24 bits per heavy atom. The van der Waals surface area contributed by atoms with Gasteiger partial charge in [-0.1, -0.05) is 25.7 Å². The van der Waals surface area contributed by atoms with E-state index in [1.54, 1.807) is 32.5 Å².